The van der Waals surface area contributed by atoms with E-state index in [1.807, 2.05) is 0 Å². The number of halogens is 2. The van der Waals surface area contributed by atoms with E-state index in [4.69, 9.17) is 5.11 Å². The molecule has 0 amide bonds. The van der Waals surface area contributed by atoms with Gasteiger partial charge in [0.1, 0.15) is 17.3 Å². The van der Waals surface area contributed by atoms with Gasteiger partial charge in [-0.15, -0.1) is 0 Å². The molecule has 1 rings (SSSR count). The first-order valence-electron chi connectivity index (χ1n) is 11.7. The molecule has 5 heteroatoms. The Balaban J connectivity index is 1.97. The maximum absolute atomic E-state index is 13.8. The Morgan fingerprint density at radius 3 is 1.80 bits per heavy atom. The Labute approximate surface area is 181 Å². The molecule has 0 saturated carbocycles. The third-order valence-electron chi connectivity index (χ3n) is 5.28. The minimum Gasteiger partial charge on any atom is -0.478 e. The number of hydrogen-bond donors (Lipinski definition) is 2. The average molecular weight is 424 g/mol. The number of nitrogens with one attached hydrogen (secondary N) is 1. The molecule has 170 valence electrons. The number of anilines is 1. The summed E-state index contributed by atoms with van der Waals surface area (Å²) >= 11 is 0. The van der Waals surface area contributed by atoms with Crippen molar-refractivity contribution in [3.05, 3.63) is 41.5 Å². The molecule has 0 bridgehead atoms. The van der Waals surface area contributed by atoms with Crippen molar-refractivity contribution in [1.29, 1.82) is 0 Å². The van der Waals surface area contributed by atoms with Crippen molar-refractivity contribution in [1.82, 2.24) is 0 Å². The topological polar surface area (TPSA) is 49.3 Å². The highest BCUT2D eigenvalue weighted by atomic mass is 19.1. The molecule has 0 aliphatic rings. The standard InChI is InChI=1S/C25H39F2NO2/c1-2-3-4-5-6-7-8-9-10-11-12-13-14-15-16-17-18-28-24-22(26)19-21(25(29)30)20-23(24)27/h9-10,19-20,28H,2-8,11-18H2,1H3,(H,29,30). The van der Waals surface area contributed by atoms with E-state index >= 15 is 0 Å². The molecule has 0 radical (unpaired) electrons. The summed E-state index contributed by atoms with van der Waals surface area (Å²) in [5.41, 5.74) is -0.624. The quantitative estimate of drug-likeness (QED) is 0.185. The van der Waals surface area contributed by atoms with Gasteiger partial charge in [-0.3, -0.25) is 0 Å². The summed E-state index contributed by atoms with van der Waals surface area (Å²) in [6, 6.07) is 1.69. The van der Waals surface area contributed by atoms with E-state index in [0.29, 0.717) is 6.54 Å². The summed E-state index contributed by atoms with van der Waals surface area (Å²) in [6.07, 6.45) is 21.7. The predicted octanol–water partition coefficient (Wildman–Crippen LogP) is 8.11. The number of carbonyl (C=O) groups is 1. The van der Waals surface area contributed by atoms with Crippen LogP contribution in [0.25, 0.3) is 0 Å². The molecule has 3 nitrogen and oxygen atoms in total. The summed E-state index contributed by atoms with van der Waals surface area (Å²) in [6.45, 7) is 2.72. The normalized spacial score (nSPS) is 11.3. The van der Waals surface area contributed by atoms with Crippen LogP contribution in [0.2, 0.25) is 0 Å². The number of benzene rings is 1. The average Bonchev–Trinajstić information content (AvgIpc) is 2.71. The second kappa shape index (κ2) is 16.8. The zero-order chi connectivity index (χ0) is 22.0. The molecule has 0 saturated heterocycles. The van der Waals surface area contributed by atoms with E-state index in [2.05, 4.69) is 24.4 Å². The molecule has 0 spiro atoms. The van der Waals surface area contributed by atoms with Gasteiger partial charge in [0.25, 0.3) is 0 Å². The Hall–Kier alpha value is -1.91. The van der Waals surface area contributed by atoms with Gasteiger partial charge in [-0.1, -0.05) is 76.9 Å². The lowest BCUT2D eigenvalue weighted by Gasteiger charge is -2.09. The van der Waals surface area contributed by atoms with Gasteiger partial charge in [0.15, 0.2) is 0 Å². The summed E-state index contributed by atoms with van der Waals surface area (Å²) in [7, 11) is 0. The lowest BCUT2D eigenvalue weighted by atomic mass is 10.1. The van der Waals surface area contributed by atoms with Gasteiger partial charge in [0, 0.05) is 6.54 Å². The molecular formula is C25H39F2NO2. The Kier molecular flexibility index (Phi) is 14.7. The summed E-state index contributed by atoms with van der Waals surface area (Å²) in [4.78, 5) is 10.8. The molecule has 0 heterocycles. The van der Waals surface area contributed by atoms with Gasteiger partial charge < -0.3 is 10.4 Å². The van der Waals surface area contributed by atoms with Crippen LogP contribution in [0.3, 0.4) is 0 Å². The first kappa shape index (κ1) is 26.1. The van der Waals surface area contributed by atoms with Crippen molar-refractivity contribution in [2.24, 2.45) is 0 Å². The molecule has 0 atom stereocenters. The van der Waals surface area contributed by atoms with Gasteiger partial charge in [-0.05, 0) is 44.2 Å². The summed E-state index contributed by atoms with van der Waals surface area (Å²) in [5.74, 6) is -3.07. The van der Waals surface area contributed by atoms with Crippen LogP contribution in [0.1, 0.15) is 107 Å². The molecule has 0 unspecified atom stereocenters. The minimum absolute atomic E-state index is 0.243. The molecule has 0 fully saturated rings. The molecule has 1 aromatic rings. The van der Waals surface area contributed by atoms with E-state index in [0.717, 1.165) is 37.8 Å². The number of aromatic carboxylic acids is 1. The fraction of sp³-hybridized carbons (Fsp3) is 0.640. The number of allylic oxidation sites excluding steroid dienone is 2. The predicted molar refractivity (Wildman–Crippen MR) is 121 cm³/mol. The first-order valence-corrected chi connectivity index (χ1v) is 11.7. The molecule has 0 aliphatic heterocycles. The largest absolute Gasteiger partial charge is 0.478 e. The molecule has 0 aliphatic carbocycles. The van der Waals surface area contributed by atoms with Crippen molar-refractivity contribution < 1.29 is 18.7 Å². The van der Waals surface area contributed by atoms with E-state index in [-0.39, 0.29) is 11.3 Å². The van der Waals surface area contributed by atoms with Crippen LogP contribution in [0.5, 0.6) is 0 Å². The molecular weight excluding hydrogens is 384 g/mol. The molecule has 0 aromatic heterocycles. The second-order valence-corrected chi connectivity index (χ2v) is 7.98. The Morgan fingerprint density at radius 2 is 1.30 bits per heavy atom. The monoisotopic (exact) mass is 423 g/mol. The van der Waals surface area contributed by atoms with Crippen LogP contribution in [-0.4, -0.2) is 17.6 Å². The van der Waals surface area contributed by atoms with Crippen molar-refractivity contribution >= 4 is 11.7 Å². The Bertz CT molecular complexity index is 609. The number of carboxylic acids is 1. The third-order valence-corrected chi connectivity index (χ3v) is 5.28. The smallest absolute Gasteiger partial charge is 0.335 e. The zero-order valence-electron chi connectivity index (χ0n) is 18.5. The second-order valence-electron chi connectivity index (χ2n) is 7.98. The van der Waals surface area contributed by atoms with E-state index in [1.165, 1.54) is 64.2 Å². The maximum Gasteiger partial charge on any atom is 0.335 e. The fourth-order valence-electron chi connectivity index (χ4n) is 3.45. The van der Waals surface area contributed by atoms with Crippen LogP contribution >= 0.6 is 0 Å². The van der Waals surface area contributed by atoms with Crippen molar-refractivity contribution in [3.8, 4) is 0 Å². The van der Waals surface area contributed by atoms with Crippen molar-refractivity contribution in [3.63, 3.8) is 0 Å². The van der Waals surface area contributed by atoms with Gasteiger partial charge >= 0.3 is 5.97 Å². The number of rotatable bonds is 18. The maximum atomic E-state index is 13.8. The van der Waals surface area contributed by atoms with Crippen LogP contribution in [-0.2, 0) is 0 Å². The van der Waals surface area contributed by atoms with Crippen LogP contribution in [0, 0.1) is 11.6 Å². The highest BCUT2D eigenvalue weighted by molar-refractivity contribution is 5.88. The Morgan fingerprint density at radius 1 is 0.833 bits per heavy atom. The van der Waals surface area contributed by atoms with Crippen molar-refractivity contribution in [2.45, 2.75) is 96.8 Å². The molecule has 2 N–H and O–H groups in total. The third kappa shape index (κ3) is 11.9. The molecule has 30 heavy (non-hydrogen) atoms. The van der Waals surface area contributed by atoms with Gasteiger partial charge in [-0.2, -0.15) is 0 Å². The molecule has 1 aromatic carbocycles. The van der Waals surface area contributed by atoms with E-state index in [1.54, 1.807) is 0 Å². The van der Waals surface area contributed by atoms with Gasteiger partial charge in [-0.25, -0.2) is 13.6 Å². The summed E-state index contributed by atoms with van der Waals surface area (Å²) in [5, 5.41) is 11.5. The van der Waals surface area contributed by atoms with Gasteiger partial charge in [0.2, 0.25) is 0 Å². The number of unbranched alkanes of at least 4 members (excludes halogenated alkanes) is 12. The number of carboxylic acid groups (broad SMARTS) is 1. The van der Waals surface area contributed by atoms with Gasteiger partial charge in [0.05, 0.1) is 5.56 Å². The highest BCUT2D eigenvalue weighted by Crippen LogP contribution is 2.21. The lowest BCUT2D eigenvalue weighted by molar-refractivity contribution is 0.0696. The van der Waals surface area contributed by atoms with Crippen molar-refractivity contribution in [2.75, 3.05) is 11.9 Å². The van der Waals surface area contributed by atoms with E-state index < -0.39 is 17.6 Å². The lowest BCUT2D eigenvalue weighted by Crippen LogP contribution is -2.08. The van der Waals surface area contributed by atoms with Crippen LogP contribution in [0.15, 0.2) is 24.3 Å². The fourth-order valence-corrected chi connectivity index (χ4v) is 3.45. The first-order chi connectivity index (χ1) is 14.6. The van der Waals surface area contributed by atoms with Crippen LogP contribution in [0.4, 0.5) is 14.5 Å². The van der Waals surface area contributed by atoms with Crippen LogP contribution < -0.4 is 5.32 Å². The van der Waals surface area contributed by atoms with E-state index in [9.17, 15) is 13.6 Å². The SMILES string of the molecule is CCCCCCCCC=CCCCCCCCCNc1c(F)cc(C(=O)O)cc1F. The number of hydrogen-bond acceptors (Lipinski definition) is 2. The zero-order valence-corrected chi connectivity index (χ0v) is 18.5. The highest BCUT2D eigenvalue weighted by Gasteiger charge is 2.14. The summed E-state index contributed by atoms with van der Waals surface area (Å²) < 4.78 is 27.6. The minimum atomic E-state index is -1.34.